The van der Waals surface area contributed by atoms with Crippen LogP contribution in [0.2, 0.25) is 0 Å². The monoisotopic (exact) mass is 246 g/mol. The van der Waals surface area contributed by atoms with Gasteiger partial charge < -0.3 is 10.2 Å². The van der Waals surface area contributed by atoms with E-state index in [0.29, 0.717) is 11.5 Å². The van der Waals surface area contributed by atoms with Crippen LogP contribution in [0.3, 0.4) is 0 Å². The van der Waals surface area contributed by atoms with Gasteiger partial charge in [-0.15, -0.1) is 0 Å². The SMILES string of the molecule is CN1CCC(Nc2ccc(CC(C)(C)C)cc2)C1. The first-order chi connectivity index (χ1) is 8.42. The molecule has 0 spiro atoms. The summed E-state index contributed by atoms with van der Waals surface area (Å²) >= 11 is 0. The Bertz CT molecular complexity index is 375. The molecular weight excluding hydrogens is 220 g/mol. The summed E-state index contributed by atoms with van der Waals surface area (Å²) in [5.41, 5.74) is 3.05. The van der Waals surface area contributed by atoms with E-state index in [1.54, 1.807) is 0 Å². The number of likely N-dealkylation sites (tertiary alicyclic amines) is 1. The molecule has 1 fully saturated rings. The van der Waals surface area contributed by atoms with Gasteiger partial charge in [0.05, 0.1) is 0 Å². The number of benzene rings is 1. The van der Waals surface area contributed by atoms with Crippen molar-refractivity contribution in [3.8, 4) is 0 Å². The number of rotatable bonds is 3. The molecule has 1 aliphatic heterocycles. The van der Waals surface area contributed by atoms with Crippen molar-refractivity contribution < 1.29 is 0 Å². The summed E-state index contributed by atoms with van der Waals surface area (Å²) in [6, 6.07) is 9.57. The molecule has 1 aromatic rings. The lowest BCUT2D eigenvalue weighted by atomic mass is 9.88. The van der Waals surface area contributed by atoms with Crippen LogP contribution in [0, 0.1) is 5.41 Å². The van der Waals surface area contributed by atoms with Crippen molar-refractivity contribution in [1.29, 1.82) is 0 Å². The standard InChI is InChI=1S/C16H26N2/c1-16(2,3)11-13-5-7-14(8-6-13)17-15-9-10-18(4)12-15/h5-8,15,17H,9-12H2,1-4H3. The Morgan fingerprint density at radius 1 is 1.22 bits per heavy atom. The van der Waals surface area contributed by atoms with E-state index < -0.39 is 0 Å². The lowest BCUT2D eigenvalue weighted by molar-refractivity contribution is 0.411. The number of likely N-dealkylation sites (N-methyl/N-ethyl adjacent to an activating group) is 1. The van der Waals surface area contributed by atoms with Gasteiger partial charge in [0.15, 0.2) is 0 Å². The number of nitrogens with zero attached hydrogens (tertiary/aromatic N) is 1. The Balaban J connectivity index is 1.91. The molecule has 18 heavy (non-hydrogen) atoms. The summed E-state index contributed by atoms with van der Waals surface area (Å²) in [5.74, 6) is 0. The fourth-order valence-electron chi connectivity index (χ4n) is 2.62. The number of nitrogens with one attached hydrogen (secondary N) is 1. The fourth-order valence-corrected chi connectivity index (χ4v) is 2.62. The molecule has 2 nitrogen and oxygen atoms in total. The van der Waals surface area contributed by atoms with Gasteiger partial charge in [-0.3, -0.25) is 0 Å². The van der Waals surface area contributed by atoms with Gasteiger partial charge in [-0.1, -0.05) is 32.9 Å². The molecule has 1 aliphatic rings. The quantitative estimate of drug-likeness (QED) is 0.879. The minimum Gasteiger partial charge on any atom is -0.381 e. The minimum absolute atomic E-state index is 0.364. The normalized spacial score (nSPS) is 21.2. The van der Waals surface area contributed by atoms with E-state index in [4.69, 9.17) is 0 Å². The number of hydrogen-bond donors (Lipinski definition) is 1. The summed E-state index contributed by atoms with van der Waals surface area (Å²) in [5, 5.41) is 3.62. The van der Waals surface area contributed by atoms with Crippen molar-refractivity contribution in [3.63, 3.8) is 0 Å². The van der Waals surface area contributed by atoms with Gasteiger partial charge in [0.2, 0.25) is 0 Å². The maximum absolute atomic E-state index is 3.62. The third-order valence-corrected chi connectivity index (χ3v) is 3.45. The molecule has 0 amide bonds. The fraction of sp³-hybridized carbons (Fsp3) is 0.625. The van der Waals surface area contributed by atoms with Gasteiger partial charge >= 0.3 is 0 Å². The highest BCUT2D eigenvalue weighted by molar-refractivity contribution is 5.45. The molecule has 0 saturated carbocycles. The van der Waals surface area contributed by atoms with Gasteiger partial charge in [-0.25, -0.2) is 0 Å². The Labute approximate surface area is 111 Å². The molecule has 0 aromatic heterocycles. The highest BCUT2D eigenvalue weighted by atomic mass is 15.2. The van der Waals surface area contributed by atoms with Crippen LogP contribution in [0.1, 0.15) is 32.8 Å². The van der Waals surface area contributed by atoms with E-state index in [2.05, 4.69) is 62.3 Å². The third-order valence-electron chi connectivity index (χ3n) is 3.45. The van der Waals surface area contributed by atoms with Crippen molar-refractivity contribution in [2.24, 2.45) is 5.41 Å². The lowest BCUT2D eigenvalue weighted by Gasteiger charge is -2.19. The van der Waals surface area contributed by atoms with Crippen LogP contribution in [-0.4, -0.2) is 31.1 Å². The number of hydrogen-bond acceptors (Lipinski definition) is 2. The van der Waals surface area contributed by atoms with Crippen molar-refractivity contribution in [2.45, 2.75) is 39.7 Å². The van der Waals surface area contributed by atoms with Crippen LogP contribution in [0.5, 0.6) is 0 Å². The summed E-state index contributed by atoms with van der Waals surface area (Å²) in [7, 11) is 2.19. The molecule has 1 N–H and O–H groups in total. The summed E-state index contributed by atoms with van der Waals surface area (Å²) in [6.45, 7) is 9.22. The average molecular weight is 246 g/mol. The molecule has 1 aromatic carbocycles. The maximum Gasteiger partial charge on any atom is 0.0400 e. The Kier molecular flexibility index (Phi) is 3.96. The summed E-state index contributed by atoms with van der Waals surface area (Å²) < 4.78 is 0. The maximum atomic E-state index is 3.62. The second kappa shape index (κ2) is 5.31. The molecule has 0 bridgehead atoms. The van der Waals surface area contributed by atoms with Crippen LogP contribution in [0.4, 0.5) is 5.69 Å². The first kappa shape index (κ1) is 13.4. The molecule has 2 heteroatoms. The van der Waals surface area contributed by atoms with E-state index in [1.807, 2.05) is 0 Å². The molecule has 1 heterocycles. The molecule has 100 valence electrons. The van der Waals surface area contributed by atoms with Crippen molar-refractivity contribution in [2.75, 3.05) is 25.5 Å². The minimum atomic E-state index is 0.364. The van der Waals surface area contributed by atoms with Crippen LogP contribution in [-0.2, 0) is 6.42 Å². The molecular formula is C16H26N2. The van der Waals surface area contributed by atoms with Crippen molar-refractivity contribution in [1.82, 2.24) is 4.90 Å². The van der Waals surface area contributed by atoms with E-state index in [9.17, 15) is 0 Å². The van der Waals surface area contributed by atoms with Crippen LogP contribution < -0.4 is 5.32 Å². The van der Waals surface area contributed by atoms with Crippen LogP contribution in [0.15, 0.2) is 24.3 Å². The third kappa shape index (κ3) is 4.02. The highest BCUT2D eigenvalue weighted by Gasteiger charge is 2.18. The summed E-state index contributed by atoms with van der Waals surface area (Å²) in [6.07, 6.45) is 2.39. The van der Waals surface area contributed by atoms with Gasteiger partial charge in [-0.2, -0.15) is 0 Å². The molecule has 1 saturated heterocycles. The highest BCUT2D eigenvalue weighted by Crippen LogP contribution is 2.22. The van der Waals surface area contributed by atoms with E-state index >= 15 is 0 Å². The molecule has 2 rings (SSSR count). The summed E-state index contributed by atoms with van der Waals surface area (Å²) in [4.78, 5) is 2.38. The zero-order chi connectivity index (χ0) is 13.2. The van der Waals surface area contributed by atoms with E-state index in [-0.39, 0.29) is 0 Å². The first-order valence-electron chi connectivity index (χ1n) is 6.96. The molecule has 0 radical (unpaired) electrons. The Morgan fingerprint density at radius 2 is 1.89 bits per heavy atom. The number of anilines is 1. The van der Waals surface area contributed by atoms with Gasteiger partial charge in [0, 0.05) is 18.3 Å². The zero-order valence-corrected chi connectivity index (χ0v) is 12.2. The van der Waals surface area contributed by atoms with E-state index in [0.717, 1.165) is 13.0 Å². The Hall–Kier alpha value is -1.02. The van der Waals surface area contributed by atoms with E-state index in [1.165, 1.54) is 24.2 Å². The molecule has 1 atom stereocenters. The topological polar surface area (TPSA) is 15.3 Å². The molecule has 0 aliphatic carbocycles. The smallest absolute Gasteiger partial charge is 0.0400 e. The van der Waals surface area contributed by atoms with Crippen molar-refractivity contribution in [3.05, 3.63) is 29.8 Å². The van der Waals surface area contributed by atoms with Gasteiger partial charge in [0.1, 0.15) is 0 Å². The van der Waals surface area contributed by atoms with Gasteiger partial charge in [0.25, 0.3) is 0 Å². The second-order valence-electron chi connectivity index (χ2n) is 6.83. The molecule has 1 unspecified atom stereocenters. The second-order valence-corrected chi connectivity index (χ2v) is 6.83. The first-order valence-corrected chi connectivity index (χ1v) is 6.96. The Morgan fingerprint density at radius 3 is 2.39 bits per heavy atom. The largest absolute Gasteiger partial charge is 0.381 e. The lowest BCUT2D eigenvalue weighted by Crippen LogP contribution is -2.23. The van der Waals surface area contributed by atoms with Gasteiger partial charge in [-0.05, 0) is 49.5 Å². The predicted octanol–water partition coefficient (Wildman–Crippen LogP) is 3.39. The van der Waals surface area contributed by atoms with Crippen LogP contribution in [0.25, 0.3) is 0 Å². The van der Waals surface area contributed by atoms with Crippen molar-refractivity contribution >= 4 is 5.69 Å². The zero-order valence-electron chi connectivity index (χ0n) is 12.2. The predicted molar refractivity (Wildman–Crippen MR) is 79.1 cm³/mol. The average Bonchev–Trinajstić information content (AvgIpc) is 2.65. The van der Waals surface area contributed by atoms with Crippen LogP contribution >= 0.6 is 0 Å².